The van der Waals surface area contributed by atoms with Crippen LogP contribution in [0.2, 0.25) is 0 Å². The van der Waals surface area contributed by atoms with E-state index in [2.05, 4.69) is 373 Å². The van der Waals surface area contributed by atoms with Gasteiger partial charge >= 0.3 is 0 Å². The molecule has 25 aromatic rings. The van der Waals surface area contributed by atoms with Gasteiger partial charge in [-0.3, -0.25) is 11.6 Å². The Morgan fingerprint density at radius 1 is 0.210 bits per heavy atom. The van der Waals surface area contributed by atoms with Crippen molar-refractivity contribution in [2.24, 2.45) is 14.1 Å². The molecule has 0 saturated heterocycles. The summed E-state index contributed by atoms with van der Waals surface area (Å²) in [7, 11) is 4.19. The van der Waals surface area contributed by atoms with E-state index in [9.17, 15) is 0 Å². The predicted molar refractivity (Wildman–Crippen MR) is 549 cm³/mol. The number of aryl methyl sites for hydroxylation is 6. The minimum absolute atomic E-state index is 0. The first-order valence-corrected chi connectivity index (χ1v) is 45.3. The van der Waals surface area contributed by atoms with Gasteiger partial charge in [0.15, 0.2) is 0 Å². The van der Waals surface area contributed by atoms with Gasteiger partial charge in [-0.25, -0.2) is 80.9 Å². The standard InChI is InChI=1S/2C25H15N.3C20H13N.C19H12.9Y/c1-26-24-14-12-20(18-8-4-2-5-9-18)16-22(24)23-17-21(13-15-25(23)26)19-10-6-3-7-11-19;1-26-24-13-6-5-12-22(24)23-17-21(14-15-25(23)26)20-11-7-10-19(16-20)18-8-3-2-4-9-18;1-13-10-15-12-14-6-2-4-8-18(14)21-19-9-5-3-7-16(19)17(11-13)20(15)21;1-13-9-10-18-15(11-13)12-14-5-4-7-17-16-6-2-3-8-19(16)21(18)20(14)17;1-13-9-10-19-17(11-13)16-7-4-6-15-12-14-5-2-3-8-18(14)21(19)20(15)16;1-15-8-7-11-17(14-15)19-13-6-5-12-18(19)16-9-3-2-4-10-16;;;;;;;;;/h2-8,10,14-17H,1H3;2-8,12-13,15-17H,1H3;2-7,10-11H,12H2,1H3;2*2-7,9,11H,12H2,1H3;2-9,11H,1H3;;;;;;;;;/q2*-4;3*-2;-4;;;;;;;;;. The van der Waals surface area contributed by atoms with Gasteiger partial charge in [-0.15, -0.1) is 122 Å². The molecule has 143 heavy (non-hydrogen) atoms. The maximum Gasteiger partial charge on any atom is 0.0400 e. The van der Waals surface area contributed by atoms with Crippen LogP contribution in [0.5, 0.6) is 0 Å². The Bertz CT molecular complexity index is 8780. The Morgan fingerprint density at radius 3 is 1.13 bits per heavy atom. The third-order valence-electron chi connectivity index (χ3n) is 26.0. The van der Waals surface area contributed by atoms with Gasteiger partial charge < -0.3 is 52.2 Å². The van der Waals surface area contributed by atoms with Crippen molar-refractivity contribution < 1.29 is 294 Å². The third-order valence-corrected chi connectivity index (χ3v) is 26.0. The van der Waals surface area contributed by atoms with E-state index in [-0.39, 0.29) is 294 Å². The molecule has 667 valence electrons. The summed E-state index contributed by atoms with van der Waals surface area (Å²) >= 11 is 0. The van der Waals surface area contributed by atoms with E-state index in [1.165, 1.54) is 160 Å². The van der Waals surface area contributed by atoms with Crippen molar-refractivity contribution in [1.29, 1.82) is 0 Å². The van der Waals surface area contributed by atoms with Crippen molar-refractivity contribution in [1.82, 2.24) is 22.8 Å². The van der Waals surface area contributed by atoms with Crippen LogP contribution in [0.1, 0.15) is 55.6 Å². The number of hydrogen-bond acceptors (Lipinski definition) is 0. The molecule has 0 unspecified atom stereocenters. The van der Waals surface area contributed by atoms with Gasteiger partial charge in [0.1, 0.15) is 0 Å². The van der Waals surface area contributed by atoms with Gasteiger partial charge in [0.25, 0.3) is 0 Å². The number of para-hydroxylation sites is 7. The van der Waals surface area contributed by atoms with Crippen LogP contribution >= 0.6 is 0 Å². The van der Waals surface area contributed by atoms with Crippen LogP contribution in [-0.4, -0.2) is 22.8 Å². The molecule has 5 nitrogen and oxygen atoms in total. The van der Waals surface area contributed by atoms with Crippen LogP contribution < -0.4 is 0 Å². The van der Waals surface area contributed by atoms with Gasteiger partial charge in [-0.1, -0.05) is 132 Å². The normalized spacial score (nSPS) is 11.1. The molecule has 0 amide bonds. The van der Waals surface area contributed by atoms with Crippen molar-refractivity contribution in [2.45, 2.75) is 47.0 Å². The second-order valence-corrected chi connectivity index (χ2v) is 34.6. The molecule has 0 aliphatic carbocycles. The number of rotatable bonds is 6. The molecule has 0 bridgehead atoms. The summed E-state index contributed by atoms with van der Waals surface area (Å²) in [4.78, 5) is 0. The van der Waals surface area contributed by atoms with Crippen molar-refractivity contribution in [3.63, 3.8) is 0 Å². The summed E-state index contributed by atoms with van der Waals surface area (Å²) < 4.78 is 11.4. The average molecular weight is 2500 g/mol. The molecule has 14 heteroatoms. The van der Waals surface area contributed by atoms with Crippen molar-refractivity contribution >= 4 is 109 Å². The average Bonchev–Trinajstić information content (AvgIpc) is 1.57. The number of benzene rings is 20. The topological polar surface area (TPSA) is 24.6 Å². The first-order valence-electron chi connectivity index (χ1n) is 45.3. The fourth-order valence-corrected chi connectivity index (χ4v) is 20.0. The Balaban J connectivity index is 0.000000135. The molecule has 8 heterocycles. The van der Waals surface area contributed by atoms with E-state index in [0.29, 0.717) is 0 Å². The van der Waals surface area contributed by atoms with E-state index in [1.807, 2.05) is 146 Å². The zero-order chi connectivity index (χ0) is 90.0. The molecule has 3 aliphatic rings. The maximum absolute atomic E-state index is 3.48. The molecule has 28 rings (SSSR count). The second-order valence-electron chi connectivity index (χ2n) is 34.6. The van der Waals surface area contributed by atoms with Gasteiger partial charge in [-0.2, -0.15) is 265 Å². The Kier molecular flexibility index (Phi) is 39.0. The zero-order valence-corrected chi connectivity index (χ0v) is 106. The summed E-state index contributed by atoms with van der Waals surface area (Å²) in [6, 6.07) is 179. The third kappa shape index (κ3) is 22.3. The van der Waals surface area contributed by atoms with Crippen molar-refractivity contribution in [3.05, 3.63) is 511 Å². The Hall–Kier alpha value is -6.66. The molecule has 3 aliphatic heterocycles. The summed E-state index contributed by atoms with van der Waals surface area (Å²) in [6.45, 7) is 8.48. The molecule has 0 saturated carbocycles. The number of fused-ring (bicyclic) bond motifs is 21. The molecule has 5 aromatic heterocycles. The Labute approximate surface area is 1060 Å². The van der Waals surface area contributed by atoms with E-state index in [4.69, 9.17) is 0 Å². The van der Waals surface area contributed by atoms with Crippen molar-refractivity contribution in [2.75, 3.05) is 0 Å². The number of nitrogens with zero attached hydrogens (tertiary/aromatic N) is 5. The van der Waals surface area contributed by atoms with E-state index in [0.717, 1.165) is 108 Å². The molecular weight excluding hydrogens is 2420 g/mol. The minimum Gasteiger partial charge on any atom is -0.424 e. The SMILES string of the molecule is Cc1[c-]c(-c2[c-]cc[c-]c2-c2[c-]cccc2)ccc1.Cc1c[c-]c2c(c1)Cc1cccc3c4ccc[c-]c4n-2c13.Cc1c[c-]c2c(c1)c1cccc3c1n2-c1[c-]cccc1C3.Cc1cc2c3c(c1)c1ccc[c-]c1n3-c1[c-]cccc1C2.Cn1c2c[c-]c(-c3[c-]c[c-]c(-c4[c-]cccc4)c3)cc2c2ccccc21.Cn1c2c[c-]c(-c3[c-]cccc3)cc2c2cc(-c3[c-]cccc3)[c-]cc21.[Y].[Y].[Y].[Y].[Y].[Y].[Y].[Y].[Y]. The molecule has 0 spiro atoms. The largest absolute Gasteiger partial charge is 0.424 e. The van der Waals surface area contributed by atoms with Gasteiger partial charge in [-0.05, 0) is 94.1 Å². The van der Waals surface area contributed by atoms with Crippen LogP contribution in [0.15, 0.2) is 346 Å². The fraction of sp³-hybridized carbons (Fsp3) is 0.0698. The molecule has 9 radical (unpaired) electrons. The Morgan fingerprint density at radius 2 is 0.580 bits per heavy atom. The molecule has 0 N–H and O–H groups in total. The molecule has 0 fully saturated rings. The monoisotopic (exact) mass is 2500 g/mol. The van der Waals surface area contributed by atoms with Gasteiger partial charge in [0.05, 0.1) is 0 Å². The van der Waals surface area contributed by atoms with Crippen LogP contribution in [0.4, 0.5) is 0 Å². The van der Waals surface area contributed by atoms with Crippen LogP contribution in [-0.2, 0) is 328 Å². The maximum atomic E-state index is 3.48. The summed E-state index contributed by atoms with van der Waals surface area (Å²) in [5.41, 5.74) is 41.4. The van der Waals surface area contributed by atoms with E-state index < -0.39 is 0 Å². The second kappa shape index (κ2) is 49.9. The van der Waals surface area contributed by atoms with Crippen LogP contribution in [0.25, 0.3) is 193 Å². The first kappa shape index (κ1) is 112. The smallest absolute Gasteiger partial charge is 0.0400 e. The molecular formula is C129H81N5Y9-18. The van der Waals surface area contributed by atoms with Crippen LogP contribution in [0, 0.1) is 137 Å². The van der Waals surface area contributed by atoms with Gasteiger partial charge in [0.2, 0.25) is 0 Å². The zero-order valence-electron chi connectivity index (χ0n) is 80.0. The molecule has 20 aromatic carbocycles. The predicted octanol–water partition coefficient (Wildman–Crippen LogP) is 30.0. The summed E-state index contributed by atoms with van der Waals surface area (Å²) in [5.74, 6) is 0. The fourth-order valence-electron chi connectivity index (χ4n) is 20.0. The van der Waals surface area contributed by atoms with Crippen LogP contribution in [0.3, 0.4) is 0 Å². The number of aromatic nitrogens is 5. The van der Waals surface area contributed by atoms with E-state index in [1.54, 1.807) is 0 Å². The first-order chi connectivity index (χ1) is 65.9. The van der Waals surface area contributed by atoms with E-state index >= 15 is 0 Å². The minimum atomic E-state index is 0. The summed E-state index contributed by atoms with van der Waals surface area (Å²) in [5, 5.41) is 12.8. The number of hydrogen-bond donors (Lipinski definition) is 0. The van der Waals surface area contributed by atoms with Crippen molar-refractivity contribution in [3.8, 4) is 83.8 Å². The molecule has 0 atom stereocenters. The quantitative estimate of drug-likeness (QED) is 0.148. The summed E-state index contributed by atoms with van der Waals surface area (Å²) in [6.07, 6.45) is 2.96. The van der Waals surface area contributed by atoms with Gasteiger partial charge in [0, 0.05) is 323 Å².